The van der Waals surface area contributed by atoms with E-state index in [1.165, 1.54) is 11.3 Å². The van der Waals surface area contributed by atoms with Gasteiger partial charge in [0.25, 0.3) is 5.91 Å². The van der Waals surface area contributed by atoms with Crippen molar-refractivity contribution in [3.63, 3.8) is 0 Å². The quantitative estimate of drug-likeness (QED) is 0.813. The minimum atomic E-state index is -1.00. The highest BCUT2D eigenvalue weighted by Crippen LogP contribution is 2.27. The van der Waals surface area contributed by atoms with Crippen molar-refractivity contribution in [1.82, 2.24) is 10.3 Å². The van der Waals surface area contributed by atoms with Crippen LogP contribution in [0.2, 0.25) is 0 Å². The van der Waals surface area contributed by atoms with Crippen LogP contribution in [0.25, 0.3) is 10.6 Å². The van der Waals surface area contributed by atoms with E-state index in [4.69, 9.17) is 0 Å². The molecule has 1 aromatic carbocycles. The molecule has 0 fully saturated rings. The van der Waals surface area contributed by atoms with Gasteiger partial charge >= 0.3 is 5.97 Å². The minimum absolute atomic E-state index is 0.370. The Morgan fingerprint density at radius 1 is 1.30 bits per heavy atom. The number of hydrogen-bond donors (Lipinski definition) is 2. The molecule has 1 atom stereocenters. The molecule has 0 spiro atoms. The summed E-state index contributed by atoms with van der Waals surface area (Å²) in [6.07, 6.45) is 2.08. The van der Waals surface area contributed by atoms with Crippen LogP contribution in [0.3, 0.4) is 0 Å². The van der Waals surface area contributed by atoms with Gasteiger partial charge in [-0.15, -0.1) is 11.3 Å². The van der Waals surface area contributed by atoms with Crippen LogP contribution in [0.1, 0.15) is 41.6 Å². The first-order chi connectivity index (χ1) is 11.0. The van der Waals surface area contributed by atoms with Crippen LogP contribution >= 0.6 is 11.3 Å². The highest BCUT2D eigenvalue weighted by molar-refractivity contribution is 7.17. The zero-order chi connectivity index (χ0) is 16.8. The Morgan fingerprint density at radius 3 is 2.61 bits per heavy atom. The van der Waals surface area contributed by atoms with Crippen molar-refractivity contribution in [3.8, 4) is 10.6 Å². The monoisotopic (exact) mass is 332 g/mol. The molecule has 1 aromatic heterocycles. The summed E-state index contributed by atoms with van der Waals surface area (Å²) in [6.45, 7) is 3.75. The van der Waals surface area contributed by atoms with E-state index >= 15 is 0 Å². The van der Waals surface area contributed by atoms with E-state index in [0.29, 0.717) is 17.0 Å². The van der Waals surface area contributed by atoms with E-state index < -0.39 is 12.0 Å². The third-order valence-corrected chi connectivity index (χ3v) is 4.68. The number of carbonyl (C=O) groups is 2. The predicted molar refractivity (Wildman–Crippen MR) is 90.7 cm³/mol. The van der Waals surface area contributed by atoms with Gasteiger partial charge in [-0.3, -0.25) is 4.79 Å². The minimum Gasteiger partial charge on any atom is -0.480 e. The summed E-state index contributed by atoms with van der Waals surface area (Å²) in [6, 6.07) is 8.75. The Bertz CT molecular complexity index is 682. The summed E-state index contributed by atoms with van der Waals surface area (Å²) in [7, 11) is 0. The van der Waals surface area contributed by atoms with Gasteiger partial charge in [0.1, 0.15) is 15.9 Å². The molecule has 0 radical (unpaired) electrons. The van der Waals surface area contributed by atoms with Crippen LogP contribution in [-0.2, 0) is 4.79 Å². The van der Waals surface area contributed by atoms with Gasteiger partial charge in [-0.1, -0.05) is 50.1 Å². The molecule has 0 aliphatic heterocycles. The second-order valence-corrected chi connectivity index (χ2v) is 6.31. The summed E-state index contributed by atoms with van der Waals surface area (Å²) in [5, 5.41) is 12.6. The highest BCUT2D eigenvalue weighted by atomic mass is 32.1. The Kier molecular flexibility index (Phi) is 5.87. The number of aliphatic carboxylic acids is 1. The highest BCUT2D eigenvalue weighted by Gasteiger charge is 2.23. The Hall–Kier alpha value is -2.21. The Balaban J connectivity index is 2.16. The van der Waals surface area contributed by atoms with E-state index in [2.05, 4.69) is 10.3 Å². The smallest absolute Gasteiger partial charge is 0.326 e. The number of nitrogens with zero attached hydrogens (tertiary/aromatic N) is 1. The third-order valence-electron chi connectivity index (χ3n) is 3.47. The van der Waals surface area contributed by atoms with E-state index in [-0.39, 0.29) is 5.91 Å². The molecule has 0 saturated heterocycles. The lowest BCUT2D eigenvalue weighted by molar-refractivity contribution is -0.139. The number of amides is 1. The van der Waals surface area contributed by atoms with Crippen LogP contribution in [0.5, 0.6) is 0 Å². The number of hydrogen-bond acceptors (Lipinski definition) is 4. The number of nitrogens with one attached hydrogen (secondary N) is 1. The lowest BCUT2D eigenvalue weighted by Crippen LogP contribution is -2.40. The maximum absolute atomic E-state index is 12.4. The zero-order valence-corrected chi connectivity index (χ0v) is 14.0. The fraction of sp³-hybridized carbons (Fsp3) is 0.353. The molecule has 5 nitrogen and oxygen atoms in total. The molecule has 2 N–H and O–H groups in total. The van der Waals surface area contributed by atoms with Gasteiger partial charge in [0, 0.05) is 5.56 Å². The number of carbonyl (C=O) groups excluding carboxylic acids is 1. The van der Waals surface area contributed by atoms with Crippen molar-refractivity contribution >= 4 is 23.2 Å². The number of aryl methyl sites for hydroxylation is 1. The lowest BCUT2D eigenvalue weighted by atomic mass is 10.1. The molecular formula is C17H20N2O3S. The first-order valence-corrected chi connectivity index (χ1v) is 8.41. The normalized spacial score (nSPS) is 11.9. The average Bonchev–Trinajstić information content (AvgIpc) is 2.94. The van der Waals surface area contributed by atoms with E-state index in [9.17, 15) is 14.7 Å². The fourth-order valence-corrected chi connectivity index (χ4v) is 3.18. The van der Waals surface area contributed by atoms with Crippen molar-refractivity contribution in [3.05, 3.63) is 40.9 Å². The van der Waals surface area contributed by atoms with Gasteiger partial charge in [-0.2, -0.15) is 0 Å². The van der Waals surface area contributed by atoms with Crippen LogP contribution in [-0.4, -0.2) is 28.0 Å². The van der Waals surface area contributed by atoms with E-state index in [1.807, 2.05) is 37.3 Å². The first kappa shape index (κ1) is 17.1. The van der Waals surface area contributed by atoms with Crippen molar-refractivity contribution < 1.29 is 14.7 Å². The number of rotatable bonds is 7. The number of benzene rings is 1. The van der Waals surface area contributed by atoms with Gasteiger partial charge < -0.3 is 10.4 Å². The summed E-state index contributed by atoms with van der Waals surface area (Å²) in [5.41, 5.74) is 1.56. The second kappa shape index (κ2) is 7.87. The van der Waals surface area contributed by atoms with Gasteiger partial charge in [-0.05, 0) is 13.3 Å². The molecule has 0 saturated carbocycles. The number of aromatic nitrogens is 1. The maximum atomic E-state index is 12.4. The van der Waals surface area contributed by atoms with Gasteiger partial charge in [-0.25, -0.2) is 9.78 Å². The molecule has 0 unspecified atom stereocenters. The summed E-state index contributed by atoms with van der Waals surface area (Å²) in [4.78, 5) is 28.5. The molecular weight excluding hydrogens is 312 g/mol. The fourth-order valence-electron chi connectivity index (χ4n) is 2.20. The molecule has 23 heavy (non-hydrogen) atoms. The summed E-state index contributed by atoms with van der Waals surface area (Å²) < 4.78 is 0. The van der Waals surface area contributed by atoms with Gasteiger partial charge in [0.15, 0.2) is 0 Å². The molecule has 0 aliphatic carbocycles. The predicted octanol–water partition coefficient (Wildman–Crippen LogP) is 3.49. The van der Waals surface area contributed by atoms with Crippen LogP contribution in [0.15, 0.2) is 30.3 Å². The van der Waals surface area contributed by atoms with E-state index in [1.54, 1.807) is 6.92 Å². The summed E-state index contributed by atoms with van der Waals surface area (Å²) >= 11 is 1.28. The summed E-state index contributed by atoms with van der Waals surface area (Å²) in [5.74, 6) is -1.37. The van der Waals surface area contributed by atoms with Crippen LogP contribution in [0.4, 0.5) is 0 Å². The van der Waals surface area contributed by atoms with Crippen LogP contribution in [0, 0.1) is 6.92 Å². The SMILES string of the molecule is CCCC[C@H](NC(=O)c1sc(-c2ccccc2)nc1C)C(=O)O. The Morgan fingerprint density at radius 2 is 2.00 bits per heavy atom. The molecule has 1 amide bonds. The lowest BCUT2D eigenvalue weighted by Gasteiger charge is -2.13. The second-order valence-electron chi connectivity index (χ2n) is 5.31. The number of carboxylic acid groups (broad SMARTS) is 1. The number of unbranched alkanes of at least 4 members (excludes halogenated alkanes) is 1. The van der Waals surface area contributed by atoms with Crippen molar-refractivity contribution in [1.29, 1.82) is 0 Å². The molecule has 1 heterocycles. The van der Waals surface area contributed by atoms with Gasteiger partial charge in [0.05, 0.1) is 5.69 Å². The largest absolute Gasteiger partial charge is 0.480 e. The van der Waals surface area contributed by atoms with Crippen LogP contribution < -0.4 is 5.32 Å². The van der Waals surface area contributed by atoms with Crippen molar-refractivity contribution in [2.45, 2.75) is 39.2 Å². The standard InChI is InChI=1S/C17H20N2O3S/c1-3-4-10-13(17(21)22)19-15(20)14-11(2)18-16(23-14)12-8-6-5-7-9-12/h5-9,13H,3-4,10H2,1-2H3,(H,19,20)(H,21,22)/t13-/m0/s1. The number of carboxylic acids is 1. The number of thiazole rings is 1. The molecule has 6 heteroatoms. The maximum Gasteiger partial charge on any atom is 0.326 e. The van der Waals surface area contributed by atoms with Crippen molar-refractivity contribution in [2.75, 3.05) is 0 Å². The molecule has 0 aliphatic rings. The molecule has 122 valence electrons. The third kappa shape index (κ3) is 4.39. The Labute approximate surface area is 139 Å². The van der Waals surface area contributed by atoms with Crippen molar-refractivity contribution in [2.24, 2.45) is 0 Å². The average molecular weight is 332 g/mol. The topological polar surface area (TPSA) is 79.3 Å². The van der Waals surface area contributed by atoms with Gasteiger partial charge in [0.2, 0.25) is 0 Å². The zero-order valence-electron chi connectivity index (χ0n) is 13.2. The molecule has 2 aromatic rings. The van der Waals surface area contributed by atoms with E-state index in [0.717, 1.165) is 23.4 Å². The molecule has 2 rings (SSSR count). The molecule has 0 bridgehead atoms. The first-order valence-electron chi connectivity index (χ1n) is 7.59.